The summed E-state index contributed by atoms with van der Waals surface area (Å²) < 4.78 is 0. The van der Waals surface area contributed by atoms with E-state index in [9.17, 15) is 4.79 Å². The topological polar surface area (TPSA) is 41.1 Å². The first-order valence-electron chi connectivity index (χ1n) is 7.50. The van der Waals surface area contributed by atoms with Crippen molar-refractivity contribution in [2.24, 2.45) is 0 Å². The summed E-state index contributed by atoms with van der Waals surface area (Å²) in [5.74, 6) is 0.000373. The molecule has 1 heterocycles. The first-order valence-corrected chi connectivity index (χ1v) is 7.50. The van der Waals surface area contributed by atoms with Crippen molar-refractivity contribution in [2.45, 2.75) is 25.8 Å². The van der Waals surface area contributed by atoms with Crippen molar-refractivity contribution in [3.05, 3.63) is 65.2 Å². The Morgan fingerprint density at radius 2 is 2.05 bits per heavy atom. The second-order valence-corrected chi connectivity index (χ2v) is 5.39. The van der Waals surface area contributed by atoms with Gasteiger partial charge in [-0.1, -0.05) is 37.3 Å². The number of fused-ring (bicyclic) bond motifs is 1. The maximum absolute atomic E-state index is 12.5. The molecule has 0 saturated carbocycles. The fourth-order valence-electron chi connectivity index (χ4n) is 2.79. The van der Waals surface area contributed by atoms with E-state index < -0.39 is 0 Å². The van der Waals surface area contributed by atoms with E-state index in [0.717, 1.165) is 36.2 Å². The van der Waals surface area contributed by atoms with Gasteiger partial charge < -0.3 is 10.6 Å². The number of carbonyl (C=O) groups is 1. The molecule has 2 N–H and O–H groups in total. The number of nitrogens with one attached hydrogen (secondary N) is 2. The maximum atomic E-state index is 12.5. The average molecular weight is 280 g/mol. The third-order valence-corrected chi connectivity index (χ3v) is 3.99. The minimum absolute atomic E-state index is 0.000373. The first kappa shape index (κ1) is 13.7. The number of hydrogen-bond acceptors (Lipinski definition) is 2. The van der Waals surface area contributed by atoms with Gasteiger partial charge in [0, 0.05) is 17.8 Å². The molecule has 3 heteroatoms. The molecule has 0 aliphatic carbocycles. The maximum Gasteiger partial charge on any atom is 0.251 e. The summed E-state index contributed by atoms with van der Waals surface area (Å²) in [5.41, 5.74) is 4.28. The molecule has 1 aliphatic rings. The summed E-state index contributed by atoms with van der Waals surface area (Å²) in [6.45, 7) is 3.05. The van der Waals surface area contributed by atoms with E-state index in [1.807, 2.05) is 36.4 Å². The van der Waals surface area contributed by atoms with Crippen LogP contribution in [-0.2, 0) is 6.42 Å². The van der Waals surface area contributed by atoms with Gasteiger partial charge in [-0.15, -0.1) is 0 Å². The van der Waals surface area contributed by atoms with Crippen LogP contribution in [0.25, 0.3) is 0 Å². The van der Waals surface area contributed by atoms with Crippen LogP contribution in [0.1, 0.15) is 40.9 Å². The molecular weight excluding hydrogens is 260 g/mol. The second-order valence-electron chi connectivity index (χ2n) is 5.39. The Morgan fingerprint density at radius 1 is 1.24 bits per heavy atom. The summed E-state index contributed by atoms with van der Waals surface area (Å²) in [6, 6.07) is 16.1. The van der Waals surface area contributed by atoms with Gasteiger partial charge in [-0.25, -0.2) is 0 Å². The number of benzene rings is 2. The molecule has 3 rings (SSSR count). The van der Waals surface area contributed by atoms with Gasteiger partial charge in [0.05, 0.1) is 6.04 Å². The van der Waals surface area contributed by atoms with Crippen LogP contribution in [0.3, 0.4) is 0 Å². The lowest BCUT2D eigenvalue weighted by molar-refractivity contribution is 0.0935. The van der Waals surface area contributed by atoms with Crippen molar-refractivity contribution in [3.8, 4) is 0 Å². The smallest absolute Gasteiger partial charge is 0.251 e. The van der Waals surface area contributed by atoms with Crippen LogP contribution in [0.5, 0.6) is 0 Å². The van der Waals surface area contributed by atoms with Crippen molar-refractivity contribution in [2.75, 3.05) is 11.9 Å². The molecule has 0 fully saturated rings. The average Bonchev–Trinajstić information content (AvgIpc) is 3.00. The van der Waals surface area contributed by atoms with E-state index in [4.69, 9.17) is 0 Å². The van der Waals surface area contributed by atoms with Crippen LogP contribution in [0, 0.1) is 0 Å². The van der Waals surface area contributed by atoms with Crippen LogP contribution < -0.4 is 10.6 Å². The highest BCUT2D eigenvalue weighted by atomic mass is 16.1. The molecule has 0 saturated heterocycles. The van der Waals surface area contributed by atoms with Gasteiger partial charge in [0.25, 0.3) is 5.91 Å². The predicted octanol–water partition coefficient (Wildman–Crippen LogP) is 3.54. The van der Waals surface area contributed by atoms with Gasteiger partial charge in [0.15, 0.2) is 0 Å². The van der Waals surface area contributed by atoms with E-state index in [-0.39, 0.29) is 11.9 Å². The van der Waals surface area contributed by atoms with Crippen molar-refractivity contribution >= 4 is 11.6 Å². The zero-order valence-corrected chi connectivity index (χ0v) is 12.2. The zero-order chi connectivity index (χ0) is 14.7. The molecule has 2 aromatic rings. The van der Waals surface area contributed by atoms with E-state index in [2.05, 4.69) is 29.7 Å². The molecule has 0 aromatic heterocycles. The minimum Gasteiger partial charge on any atom is -0.384 e. The highest BCUT2D eigenvalue weighted by Crippen LogP contribution is 2.23. The largest absolute Gasteiger partial charge is 0.384 e. The Labute approximate surface area is 125 Å². The molecular formula is C18H20N2O. The fraction of sp³-hybridized carbons (Fsp3) is 0.278. The standard InChI is InChI=1S/C18H20N2O/c1-2-16(13-6-4-3-5-7-13)20-18(21)15-8-9-17-14(12-15)10-11-19-17/h3-9,12,16,19H,2,10-11H2,1H3,(H,20,21). The van der Waals surface area contributed by atoms with Gasteiger partial charge >= 0.3 is 0 Å². The Morgan fingerprint density at radius 3 is 2.81 bits per heavy atom. The third kappa shape index (κ3) is 2.92. The van der Waals surface area contributed by atoms with Crippen LogP contribution in [0.2, 0.25) is 0 Å². The molecule has 0 radical (unpaired) electrons. The lowest BCUT2D eigenvalue weighted by Crippen LogP contribution is -2.28. The molecule has 21 heavy (non-hydrogen) atoms. The molecule has 0 bridgehead atoms. The highest BCUT2D eigenvalue weighted by Gasteiger charge is 2.16. The van der Waals surface area contributed by atoms with E-state index in [0.29, 0.717) is 0 Å². The van der Waals surface area contributed by atoms with Gasteiger partial charge in [-0.05, 0) is 42.2 Å². The van der Waals surface area contributed by atoms with Crippen molar-refractivity contribution in [1.29, 1.82) is 0 Å². The summed E-state index contributed by atoms with van der Waals surface area (Å²) in [6.07, 6.45) is 1.87. The number of hydrogen-bond donors (Lipinski definition) is 2. The Kier molecular flexibility index (Phi) is 3.91. The molecule has 1 aliphatic heterocycles. The number of amides is 1. The zero-order valence-electron chi connectivity index (χ0n) is 12.2. The van der Waals surface area contributed by atoms with Crippen LogP contribution in [-0.4, -0.2) is 12.5 Å². The fourth-order valence-corrected chi connectivity index (χ4v) is 2.79. The Balaban J connectivity index is 1.76. The van der Waals surface area contributed by atoms with E-state index >= 15 is 0 Å². The van der Waals surface area contributed by atoms with Crippen LogP contribution in [0.15, 0.2) is 48.5 Å². The van der Waals surface area contributed by atoms with Crippen LogP contribution >= 0.6 is 0 Å². The lowest BCUT2D eigenvalue weighted by Gasteiger charge is -2.17. The van der Waals surface area contributed by atoms with Gasteiger partial charge in [-0.3, -0.25) is 4.79 Å². The monoisotopic (exact) mass is 280 g/mol. The normalized spacial score (nSPS) is 14.1. The summed E-state index contributed by atoms with van der Waals surface area (Å²) in [7, 11) is 0. The van der Waals surface area contributed by atoms with E-state index in [1.165, 1.54) is 5.56 Å². The van der Waals surface area contributed by atoms with Crippen molar-refractivity contribution in [3.63, 3.8) is 0 Å². The van der Waals surface area contributed by atoms with Gasteiger partial charge in [-0.2, -0.15) is 0 Å². The van der Waals surface area contributed by atoms with Crippen molar-refractivity contribution in [1.82, 2.24) is 5.32 Å². The SMILES string of the molecule is CCC(NC(=O)c1ccc2c(c1)CCN2)c1ccccc1. The molecule has 1 unspecified atom stereocenters. The Hall–Kier alpha value is -2.29. The van der Waals surface area contributed by atoms with Crippen LogP contribution in [0.4, 0.5) is 5.69 Å². The molecule has 1 amide bonds. The first-order chi connectivity index (χ1) is 10.3. The molecule has 1 atom stereocenters. The van der Waals surface area contributed by atoms with Crippen molar-refractivity contribution < 1.29 is 4.79 Å². The summed E-state index contributed by atoms with van der Waals surface area (Å²) >= 11 is 0. The highest BCUT2D eigenvalue weighted by molar-refractivity contribution is 5.95. The molecule has 2 aromatic carbocycles. The second kappa shape index (κ2) is 6.00. The minimum atomic E-state index is 0.000373. The summed E-state index contributed by atoms with van der Waals surface area (Å²) in [5, 5.41) is 6.44. The molecule has 3 nitrogen and oxygen atoms in total. The quantitative estimate of drug-likeness (QED) is 0.899. The molecule has 0 spiro atoms. The summed E-state index contributed by atoms with van der Waals surface area (Å²) in [4.78, 5) is 12.5. The third-order valence-electron chi connectivity index (χ3n) is 3.99. The van der Waals surface area contributed by atoms with Gasteiger partial charge in [0.1, 0.15) is 0 Å². The lowest BCUT2D eigenvalue weighted by atomic mass is 10.0. The number of carbonyl (C=O) groups excluding carboxylic acids is 1. The molecule has 108 valence electrons. The number of anilines is 1. The number of rotatable bonds is 4. The predicted molar refractivity (Wildman–Crippen MR) is 85.6 cm³/mol. The van der Waals surface area contributed by atoms with E-state index in [1.54, 1.807) is 0 Å². The van der Waals surface area contributed by atoms with Gasteiger partial charge in [0.2, 0.25) is 0 Å². The Bertz CT molecular complexity index is 637.